The minimum atomic E-state index is -0.764. The maximum absolute atomic E-state index is 11.5. The number of carbonyl (C=O) groups is 2. The van der Waals surface area contributed by atoms with Crippen molar-refractivity contribution in [2.45, 2.75) is 18.8 Å². The summed E-state index contributed by atoms with van der Waals surface area (Å²) < 4.78 is 4.94. The Morgan fingerprint density at radius 1 is 1.17 bits per heavy atom. The van der Waals surface area contributed by atoms with E-state index in [-0.39, 0.29) is 0 Å². The van der Waals surface area contributed by atoms with Crippen LogP contribution in [0.3, 0.4) is 0 Å². The molecule has 4 heteroatoms. The van der Waals surface area contributed by atoms with Gasteiger partial charge < -0.3 is 4.74 Å². The molecule has 92 valence electrons. The van der Waals surface area contributed by atoms with E-state index in [1.807, 2.05) is 24.3 Å². The number of ether oxygens (including phenoxy) is 1. The van der Waals surface area contributed by atoms with E-state index >= 15 is 0 Å². The van der Waals surface area contributed by atoms with Crippen LogP contribution in [-0.4, -0.2) is 23.3 Å². The van der Waals surface area contributed by atoms with E-state index in [1.54, 1.807) is 0 Å². The van der Waals surface area contributed by atoms with Gasteiger partial charge in [-0.25, -0.2) is 4.79 Å². The minimum absolute atomic E-state index is 0.371. The summed E-state index contributed by atoms with van der Waals surface area (Å²) in [5, 5.41) is 0. The lowest BCUT2D eigenvalue weighted by Gasteiger charge is -2.15. The number of allylic oxidation sites excluding steroid dienone is 1. The van der Waals surface area contributed by atoms with Crippen LogP contribution in [0, 0.1) is 0 Å². The molecule has 0 saturated carbocycles. The highest BCUT2D eigenvalue weighted by Crippen LogP contribution is 2.31. The summed E-state index contributed by atoms with van der Waals surface area (Å²) in [7, 11) is 0. The summed E-state index contributed by atoms with van der Waals surface area (Å²) >= 11 is 0. The average molecular weight is 243 g/mol. The number of benzene rings is 1. The Balaban J connectivity index is 1.82. The molecule has 1 saturated heterocycles. The van der Waals surface area contributed by atoms with Gasteiger partial charge in [0.25, 0.3) is 0 Å². The topological polar surface area (TPSA) is 46.6 Å². The molecule has 0 spiro atoms. The number of rotatable bonds is 1. The summed E-state index contributed by atoms with van der Waals surface area (Å²) in [6.45, 7) is 0.538. The fraction of sp³-hybridized carbons (Fsp3) is 0.286. The molecule has 0 N–H and O–H groups in total. The van der Waals surface area contributed by atoms with Gasteiger partial charge in [-0.3, -0.25) is 9.69 Å². The Hall–Kier alpha value is -2.10. The number of amides is 1. The molecule has 2 heterocycles. The van der Waals surface area contributed by atoms with Gasteiger partial charge in [-0.1, -0.05) is 30.3 Å². The first-order valence-electron chi connectivity index (χ1n) is 6.04. The van der Waals surface area contributed by atoms with Crippen LogP contribution in [0.15, 0.2) is 42.3 Å². The van der Waals surface area contributed by atoms with Crippen LogP contribution < -0.4 is 0 Å². The Labute approximate surface area is 105 Å². The monoisotopic (exact) mass is 243 g/mol. The summed E-state index contributed by atoms with van der Waals surface area (Å²) in [5.41, 5.74) is 1.26. The van der Waals surface area contributed by atoms with E-state index in [9.17, 15) is 9.59 Å². The van der Waals surface area contributed by atoms with E-state index in [1.165, 1.54) is 10.5 Å². The van der Waals surface area contributed by atoms with E-state index in [0.29, 0.717) is 18.3 Å². The van der Waals surface area contributed by atoms with Gasteiger partial charge in [0.05, 0.1) is 0 Å². The molecular weight excluding hydrogens is 230 g/mol. The normalized spacial score (nSPS) is 23.2. The molecule has 1 aromatic carbocycles. The zero-order valence-corrected chi connectivity index (χ0v) is 9.83. The largest absolute Gasteiger partial charge is 0.404 e. The second kappa shape index (κ2) is 4.29. The predicted octanol–water partition coefficient (Wildman–Crippen LogP) is 1.79. The van der Waals surface area contributed by atoms with E-state index in [0.717, 1.165) is 12.8 Å². The quantitative estimate of drug-likeness (QED) is 0.558. The summed E-state index contributed by atoms with van der Waals surface area (Å²) in [6, 6.07) is 10.2. The Morgan fingerprint density at radius 3 is 2.72 bits per heavy atom. The van der Waals surface area contributed by atoms with Gasteiger partial charge in [-0.2, -0.15) is 0 Å². The zero-order chi connectivity index (χ0) is 12.5. The van der Waals surface area contributed by atoms with Crippen molar-refractivity contribution in [3.63, 3.8) is 0 Å². The lowest BCUT2D eigenvalue weighted by atomic mass is 9.93. The molecule has 1 aromatic rings. The second-order valence-corrected chi connectivity index (χ2v) is 4.52. The fourth-order valence-corrected chi connectivity index (χ4v) is 2.44. The molecule has 4 nitrogen and oxygen atoms in total. The summed E-state index contributed by atoms with van der Waals surface area (Å²) in [4.78, 5) is 24.1. The SMILES string of the molecule is O=C1OC2=CCC(c3ccccc3)CCN2C1=O. The van der Waals surface area contributed by atoms with Crippen molar-refractivity contribution >= 4 is 11.9 Å². The van der Waals surface area contributed by atoms with Crippen molar-refractivity contribution in [1.29, 1.82) is 0 Å². The molecule has 1 amide bonds. The highest BCUT2D eigenvalue weighted by Gasteiger charge is 2.37. The maximum atomic E-state index is 11.5. The van der Waals surface area contributed by atoms with Crippen LogP contribution in [0.5, 0.6) is 0 Å². The predicted molar refractivity (Wildman–Crippen MR) is 64.3 cm³/mol. The average Bonchev–Trinajstić information content (AvgIpc) is 2.57. The molecule has 3 rings (SSSR count). The molecule has 1 unspecified atom stereocenters. The van der Waals surface area contributed by atoms with Crippen LogP contribution >= 0.6 is 0 Å². The number of hydrogen-bond donors (Lipinski definition) is 0. The van der Waals surface area contributed by atoms with Gasteiger partial charge in [0.1, 0.15) is 0 Å². The minimum Gasteiger partial charge on any atom is -0.402 e. The third-order valence-electron chi connectivity index (χ3n) is 3.43. The Morgan fingerprint density at radius 2 is 1.94 bits per heavy atom. The van der Waals surface area contributed by atoms with Crippen molar-refractivity contribution in [1.82, 2.24) is 4.90 Å². The molecule has 0 radical (unpaired) electrons. The van der Waals surface area contributed by atoms with E-state index in [4.69, 9.17) is 4.74 Å². The lowest BCUT2D eigenvalue weighted by molar-refractivity contribution is -0.147. The van der Waals surface area contributed by atoms with Crippen molar-refractivity contribution in [3.8, 4) is 0 Å². The summed E-state index contributed by atoms with van der Waals surface area (Å²) in [6.07, 6.45) is 3.47. The molecule has 2 aliphatic rings. The van der Waals surface area contributed by atoms with Gasteiger partial charge in [-0.05, 0) is 30.4 Å². The molecule has 2 aliphatic heterocycles. The molecule has 1 fully saturated rings. The van der Waals surface area contributed by atoms with Gasteiger partial charge in [0.2, 0.25) is 5.88 Å². The van der Waals surface area contributed by atoms with E-state index < -0.39 is 11.9 Å². The third kappa shape index (κ3) is 1.79. The van der Waals surface area contributed by atoms with Gasteiger partial charge in [-0.15, -0.1) is 0 Å². The Kier molecular flexibility index (Phi) is 2.63. The number of hydrogen-bond acceptors (Lipinski definition) is 3. The maximum Gasteiger partial charge on any atom is 0.404 e. The van der Waals surface area contributed by atoms with Gasteiger partial charge in [0.15, 0.2) is 0 Å². The van der Waals surface area contributed by atoms with Crippen LogP contribution in [0.4, 0.5) is 0 Å². The molecule has 0 aliphatic carbocycles. The number of nitrogens with zero attached hydrogens (tertiary/aromatic N) is 1. The van der Waals surface area contributed by atoms with Crippen LogP contribution in [0.1, 0.15) is 24.3 Å². The zero-order valence-electron chi connectivity index (χ0n) is 9.83. The first kappa shape index (κ1) is 11.0. The molecule has 0 aromatic heterocycles. The Bertz CT molecular complexity index is 521. The standard InChI is InChI=1S/C14H13NO3/c16-13-14(17)18-12-7-6-11(8-9-15(12)13)10-4-2-1-3-5-10/h1-5,7,11H,6,8-9H2. The molecule has 18 heavy (non-hydrogen) atoms. The molecule has 0 bridgehead atoms. The highest BCUT2D eigenvalue weighted by atomic mass is 16.6. The van der Waals surface area contributed by atoms with Crippen molar-refractivity contribution < 1.29 is 14.3 Å². The van der Waals surface area contributed by atoms with Gasteiger partial charge >= 0.3 is 11.9 Å². The van der Waals surface area contributed by atoms with Crippen LogP contribution in [0.2, 0.25) is 0 Å². The smallest absolute Gasteiger partial charge is 0.402 e. The highest BCUT2D eigenvalue weighted by molar-refractivity contribution is 6.34. The second-order valence-electron chi connectivity index (χ2n) is 4.52. The van der Waals surface area contributed by atoms with Crippen molar-refractivity contribution in [3.05, 3.63) is 47.9 Å². The lowest BCUT2D eigenvalue weighted by Crippen LogP contribution is -2.27. The molecular formula is C14H13NO3. The van der Waals surface area contributed by atoms with Crippen LogP contribution in [-0.2, 0) is 14.3 Å². The first-order chi connectivity index (χ1) is 8.75. The summed E-state index contributed by atoms with van der Waals surface area (Å²) in [5.74, 6) is -0.534. The first-order valence-corrected chi connectivity index (χ1v) is 6.04. The number of fused-ring (bicyclic) bond motifs is 1. The van der Waals surface area contributed by atoms with Crippen LogP contribution in [0.25, 0.3) is 0 Å². The van der Waals surface area contributed by atoms with E-state index in [2.05, 4.69) is 12.1 Å². The van der Waals surface area contributed by atoms with Crippen molar-refractivity contribution in [2.75, 3.05) is 6.54 Å². The molecule has 1 atom stereocenters. The van der Waals surface area contributed by atoms with Gasteiger partial charge in [0, 0.05) is 6.54 Å². The number of carbonyl (C=O) groups excluding carboxylic acids is 2. The fourth-order valence-electron chi connectivity index (χ4n) is 2.44. The van der Waals surface area contributed by atoms with Crippen molar-refractivity contribution in [2.24, 2.45) is 0 Å². The number of esters is 1. The third-order valence-corrected chi connectivity index (χ3v) is 3.43.